The highest BCUT2D eigenvalue weighted by Gasteiger charge is 2.25. The number of ketones is 1. The van der Waals surface area contributed by atoms with Crippen molar-refractivity contribution in [2.45, 2.75) is 70.9 Å². The zero-order valence-corrected chi connectivity index (χ0v) is 26.3. The molecule has 0 N–H and O–H groups in total. The highest BCUT2D eigenvalue weighted by Crippen LogP contribution is 2.31. The van der Waals surface area contributed by atoms with E-state index in [4.69, 9.17) is 9.47 Å². The highest BCUT2D eigenvalue weighted by molar-refractivity contribution is 7.89. The number of aryl methyl sites for hydroxylation is 1. The number of hydrogen-bond acceptors (Lipinski definition) is 7. The van der Waals surface area contributed by atoms with E-state index in [2.05, 4.69) is 36.8 Å². The minimum absolute atomic E-state index is 0.0375. The summed E-state index contributed by atoms with van der Waals surface area (Å²) in [5.41, 5.74) is 4.21. The van der Waals surface area contributed by atoms with Crippen molar-refractivity contribution in [3.05, 3.63) is 58.7 Å². The molecule has 1 saturated heterocycles. The van der Waals surface area contributed by atoms with E-state index in [1.54, 1.807) is 10.8 Å². The maximum Gasteiger partial charge on any atom is 0.214 e. The molecule has 0 amide bonds. The van der Waals surface area contributed by atoms with Crippen LogP contribution in [0.2, 0.25) is 25.7 Å². The lowest BCUT2D eigenvalue weighted by Crippen LogP contribution is -2.42. The van der Waals surface area contributed by atoms with Crippen LogP contribution in [0.5, 0.6) is 0 Å². The molecule has 2 heterocycles. The van der Waals surface area contributed by atoms with Crippen LogP contribution >= 0.6 is 0 Å². The quantitative estimate of drug-likeness (QED) is 0.187. The fourth-order valence-corrected chi connectivity index (χ4v) is 7.31. The largest absolute Gasteiger partial charge is 0.379 e. The van der Waals surface area contributed by atoms with Crippen LogP contribution in [-0.4, -0.2) is 74.8 Å². The van der Waals surface area contributed by atoms with E-state index in [9.17, 15) is 18.5 Å². The van der Waals surface area contributed by atoms with E-state index in [1.165, 1.54) is 9.88 Å². The van der Waals surface area contributed by atoms with Crippen LogP contribution in [0.25, 0.3) is 5.57 Å². The first-order valence-corrected chi connectivity index (χ1v) is 19.8. The van der Waals surface area contributed by atoms with E-state index < -0.39 is 18.1 Å². The van der Waals surface area contributed by atoms with E-state index in [-0.39, 0.29) is 36.2 Å². The maximum atomic E-state index is 13.6. The summed E-state index contributed by atoms with van der Waals surface area (Å²) >= 11 is 0. The number of allylic oxidation sites excluding steroid dienone is 2. The molecule has 0 bridgehead atoms. The first kappa shape index (κ1) is 31.3. The van der Waals surface area contributed by atoms with Gasteiger partial charge in [-0.3, -0.25) is 4.79 Å². The number of imidazole rings is 1. The van der Waals surface area contributed by atoms with Crippen molar-refractivity contribution in [2.24, 2.45) is 0 Å². The molecule has 9 nitrogen and oxygen atoms in total. The second kappa shape index (κ2) is 14.0. The summed E-state index contributed by atoms with van der Waals surface area (Å²) in [5, 5.41) is 9.43. The Balaban J connectivity index is 1.52. The number of carbonyl (C=O) groups is 1. The molecule has 0 spiro atoms. The minimum Gasteiger partial charge on any atom is -0.379 e. The number of morpholine rings is 1. The van der Waals surface area contributed by atoms with Gasteiger partial charge in [-0.1, -0.05) is 43.9 Å². The van der Waals surface area contributed by atoms with Crippen LogP contribution in [0, 0.1) is 11.3 Å². The van der Waals surface area contributed by atoms with Crippen LogP contribution in [0.15, 0.2) is 30.5 Å². The minimum atomic E-state index is -3.37. The highest BCUT2D eigenvalue weighted by atomic mass is 32.2. The average molecular weight is 599 g/mol. The molecule has 1 aromatic carbocycles. The lowest BCUT2D eigenvalue weighted by atomic mass is 9.88. The Morgan fingerprint density at radius 2 is 1.98 bits per heavy atom. The molecule has 2 aromatic rings. The van der Waals surface area contributed by atoms with Crippen molar-refractivity contribution in [1.29, 1.82) is 5.26 Å². The standard InChI is InChI=1S/C30H42N4O5SSi/c1-41(2,3)18-16-39-23-33-22-27(21-31)32-30(33)29(35)20-26-10-9-24(19-28(26)25-7-5-4-6-8-25)11-17-40(36,37)34-12-14-38-15-13-34/h7,9-10,19,22H,4-6,8,11-18,20,23H2,1-3H3. The number of nitriles is 1. The van der Waals surface area contributed by atoms with Gasteiger partial charge < -0.3 is 14.0 Å². The van der Waals surface area contributed by atoms with Crippen molar-refractivity contribution < 1.29 is 22.7 Å². The maximum absolute atomic E-state index is 13.6. The molecule has 1 aromatic heterocycles. The molecule has 0 unspecified atom stereocenters. The number of benzene rings is 1. The summed E-state index contributed by atoms with van der Waals surface area (Å²) in [5.74, 6) is 0.0787. The third kappa shape index (κ3) is 8.93. The lowest BCUT2D eigenvalue weighted by molar-refractivity contribution is 0.0730. The first-order valence-electron chi connectivity index (χ1n) is 14.5. The predicted octanol–water partition coefficient (Wildman–Crippen LogP) is 4.65. The third-order valence-corrected chi connectivity index (χ3v) is 11.1. The van der Waals surface area contributed by atoms with Crippen LogP contribution in [-0.2, 0) is 39.1 Å². The smallest absolute Gasteiger partial charge is 0.214 e. The fraction of sp³-hybridized carbons (Fsp3) is 0.567. The molecule has 11 heteroatoms. The van der Waals surface area contributed by atoms with Crippen molar-refractivity contribution in [3.63, 3.8) is 0 Å². The zero-order chi connectivity index (χ0) is 29.5. The molecule has 1 aliphatic carbocycles. The van der Waals surface area contributed by atoms with E-state index in [0.29, 0.717) is 39.3 Å². The fourth-order valence-electron chi connectivity index (χ4n) is 5.10. The van der Waals surface area contributed by atoms with Gasteiger partial charge in [0.15, 0.2) is 11.5 Å². The monoisotopic (exact) mass is 598 g/mol. The molecule has 1 aliphatic heterocycles. The zero-order valence-electron chi connectivity index (χ0n) is 24.5. The molecule has 0 atom stereocenters. The lowest BCUT2D eigenvalue weighted by Gasteiger charge is -2.26. The summed E-state index contributed by atoms with van der Waals surface area (Å²) in [6.07, 6.45) is 8.49. The summed E-state index contributed by atoms with van der Waals surface area (Å²) in [7, 11) is -4.62. The number of hydrogen-bond donors (Lipinski definition) is 0. The van der Waals surface area contributed by atoms with Gasteiger partial charge in [0.2, 0.25) is 15.8 Å². The van der Waals surface area contributed by atoms with Gasteiger partial charge in [0.25, 0.3) is 0 Å². The summed E-state index contributed by atoms with van der Waals surface area (Å²) in [4.78, 5) is 17.9. The molecule has 1 fully saturated rings. The summed E-state index contributed by atoms with van der Waals surface area (Å²) in [6, 6.07) is 8.98. The van der Waals surface area contributed by atoms with Gasteiger partial charge in [0, 0.05) is 40.4 Å². The van der Waals surface area contributed by atoms with Crippen molar-refractivity contribution in [2.75, 3.05) is 38.7 Å². The Hall–Kier alpha value is -2.62. The Labute approximate surface area is 245 Å². The van der Waals surface area contributed by atoms with Crippen molar-refractivity contribution in [1.82, 2.24) is 13.9 Å². The van der Waals surface area contributed by atoms with Crippen LogP contribution in [0.1, 0.15) is 58.7 Å². The number of rotatable bonds is 13. The molecule has 0 saturated carbocycles. The van der Waals surface area contributed by atoms with Gasteiger partial charge in [-0.25, -0.2) is 13.4 Å². The number of carbonyl (C=O) groups excluding carboxylic acids is 1. The van der Waals surface area contributed by atoms with E-state index >= 15 is 0 Å². The predicted molar refractivity (Wildman–Crippen MR) is 162 cm³/mol. The summed E-state index contributed by atoms with van der Waals surface area (Å²) < 4.78 is 40.1. The van der Waals surface area contributed by atoms with Gasteiger partial charge in [0.1, 0.15) is 12.8 Å². The van der Waals surface area contributed by atoms with Crippen LogP contribution < -0.4 is 0 Å². The van der Waals surface area contributed by atoms with E-state index in [0.717, 1.165) is 48.4 Å². The van der Waals surface area contributed by atoms with Gasteiger partial charge in [-0.05, 0) is 60.4 Å². The average Bonchev–Trinajstić information content (AvgIpc) is 3.39. The molecule has 222 valence electrons. The number of nitrogens with zero attached hydrogens (tertiary/aromatic N) is 4. The molecule has 4 rings (SSSR count). The first-order chi connectivity index (χ1) is 19.6. The summed E-state index contributed by atoms with van der Waals surface area (Å²) in [6.45, 7) is 9.28. The van der Waals surface area contributed by atoms with Gasteiger partial charge in [-0.15, -0.1) is 0 Å². The van der Waals surface area contributed by atoms with Crippen molar-refractivity contribution >= 4 is 29.5 Å². The topological polar surface area (TPSA) is 115 Å². The number of Topliss-reactive ketones (excluding diaryl/α,β-unsaturated/α-hetero) is 1. The Kier molecular flexibility index (Phi) is 10.7. The van der Waals surface area contributed by atoms with Crippen molar-refractivity contribution in [3.8, 4) is 6.07 Å². The molecule has 0 radical (unpaired) electrons. The Morgan fingerprint density at radius 1 is 1.20 bits per heavy atom. The molecule has 2 aliphatic rings. The van der Waals surface area contributed by atoms with Crippen LogP contribution in [0.3, 0.4) is 0 Å². The normalized spacial score (nSPS) is 16.8. The Morgan fingerprint density at radius 3 is 2.66 bits per heavy atom. The molecule has 41 heavy (non-hydrogen) atoms. The third-order valence-electron chi connectivity index (χ3n) is 7.54. The van der Waals surface area contributed by atoms with Gasteiger partial charge in [0.05, 0.1) is 19.0 Å². The number of sulfonamides is 1. The van der Waals surface area contributed by atoms with Gasteiger partial charge in [-0.2, -0.15) is 9.57 Å². The SMILES string of the molecule is C[Si](C)(C)CCOCn1cc(C#N)nc1C(=O)Cc1ccc(CCS(=O)(=O)N2CCOCC2)cc1C1=CCCCC1. The number of aromatic nitrogens is 2. The molecular formula is C30H42N4O5SSi. The van der Waals surface area contributed by atoms with E-state index in [1.807, 2.05) is 18.2 Å². The van der Waals surface area contributed by atoms with Crippen LogP contribution in [0.4, 0.5) is 0 Å². The second-order valence-corrected chi connectivity index (χ2v) is 19.7. The second-order valence-electron chi connectivity index (χ2n) is 12.0. The van der Waals surface area contributed by atoms with Gasteiger partial charge >= 0.3 is 0 Å². The Bertz CT molecular complexity index is 1400. The number of ether oxygens (including phenoxy) is 2. The molecular weight excluding hydrogens is 557 g/mol.